The van der Waals surface area contributed by atoms with Gasteiger partial charge in [-0.25, -0.2) is 0 Å². The predicted molar refractivity (Wildman–Crippen MR) is 92.8 cm³/mol. The van der Waals surface area contributed by atoms with Gasteiger partial charge in [0.15, 0.2) is 0 Å². The zero-order valence-electron chi connectivity index (χ0n) is 14.1. The molecule has 2 fully saturated rings. The van der Waals surface area contributed by atoms with Gasteiger partial charge < -0.3 is 15.1 Å². The number of hydrogen-bond acceptors (Lipinski definition) is 3. The number of aryl methyl sites for hydroxylation is 1. The van der Waals surface area contributed by atoms with Crippen LogP contribution in [0.3, 0.4) is 0 Å². The van der Waals surface area contributed by atoms with Crippen molar-refractivity contribution in [2.24, 2.45) is 5.41 Å². The highest BCUT2D eigenvalue weighted by molar-refractivity contribution is 6.01. The van der Waals surface area contributed by atoms with Crippen LogP contribution in [0.2, 0.25) is 0 Å². The Hall–Kier alpha value is -1.88. The van der Waals surface area contributed by atoms with Gasteiger partial charge in [0.1, 0.15) is 6.54 Å². The quantitative estimate of drug-likeness (QED) is 0.897. The minimum Gasteiger partial charge on any atom is -0.341 e. The second-order valence-corrected chi connectivity index (χ2v) is 7.42. The topological polar surface area (TPSA) is 52.7 Å². The summed E-state index contributed by atoms with van der Waals surface area (Å²) in [5.41, 5.74) is 2.49. The predicted octanol–water partition coefficient (Wildman–Crippen LogP) is 1.57. The first-order valence-corrected chi connectivity index (χ1v) is 9.04. The monoisotopic (exact) mass is 327 g/mol. The van der Waals surface area contributed by atoms with Gasteiger partial charge in [-0.2, -0.15) is 0 Å². The lowest BCUT2D eigenvalue weighted by molar-refractivity contribution is -0.133. The Kier molecular flexibility index (Phi) is 4.04. The van der Waals surface area contributed by atoms with Gasteiger partial charge in [-0.15, -0.1) is 0 Å². The number of anilines is 1. The summed E-state index contributed by atoms with van der Waals surface area (Å²) in [7, 11) is 0. The van der Waals surface area contributed by atoms with Crippen LogP contribution in [0.5, 0.6) is 0 Å². The standard InChI is InChI=1S/C19H25N3O2/c23-17-6-5-15-3-1-2-4-16(15)22(17)13-18(24)21-11-8-19(9-12-21)7-10-20-14-19/h1-4,20H,5-14H2. The molecule has 3 aliphatic rings. The molecule has 0 aromatic heterocycles. The minimum absolute atomic E-state index is 0.0653. The first-order valence-electron chi connectivity index (χ1n) is 9.04. The van der Waals surface area contributed by atoms with Crippen LogP contribution >= 0.6 is 0 Å². The molecule has 0 radical (unpaired) electrons. The molecule has 5 heteroatoms. The Morgan fingerprint density at radius 2 is 1.92 bits per heavy atom. The molecule has 3 heterocycles. The molecule has 2 amide bonds. The molecule has 0 saturated carbocycles. The molecular formula is C19H25N3O2. The van der Waals surface area contributed by atoms with Crippen molar-refractivity contribution >= 4 is 17.5 Å². The maximum Gasteiger partial charge on any atom is 0.242 e. The van der Waals surface area contributed by atoms with Crippen LogP contribution in [0.15, 0.2) is 24.3 Å². The van der Waals surface area contributed by atoms with Crippen LogP contribution in [0.1, 0.15) is 31.2 Å². The molecule has 2 saturated heterocycles. The maximum absolute atomic E-state index is 12.7. The van der Waals surface area contributed by atoms with E-state index in [0.717, 1.165) is 51.1 Å². The second-order valence-electron chi connectivity index (χ2n) is 7.42. The summed E-state index contributed by atoms with van der Waals surface area (Å²) in [6.45, 7) is 4.02. The highest BCUT2D eigenvalue weighted by Gasteiger charge is 2.38. The molecular weight excluding hydrogens is 302 g/mol. The SMILES string of the molecule is O=C(CN1C(=O)CCc2ccccc21)N1CCC2(CCNC2)CC1. The molecule has 1 N–H and O–H groups in total. The number of amides is 2. The highest BCUT2D eigenvalue weighted by atomic mass is 16.2. The summed E-state index contributed by atoms with van der Waals surface area (Å²) in [6.07, 6.45) is 4.66. The molecule has 0 aliphatic carbocycles. The average molecular weight is 327 g/mol. The van der Waals surface area contributed by atoms with Crippen molar-refractivity contribution in [3.8, 4) is 0 Å². The number of rotatable bonds is 2. The van der Waals surface area contributed by atoms with Crippen molar-refractivity contribution in [2.45, 2.75) is 32.1 Å². The van der Waals surface area contributed by atoms with E-state index in [4.69, 9.17) is 0 Å². The van der Waals surface area contributed by atoms with Crippen molar-refractivity contribution in [3.63, 3.8) is 0 Å². The molecule has 128 valence electrons. The van der Waals surface area contributed by atoms with E-state index in [1.165, 1.54) is 12.0 Å². The van der Waals surface area contributed by atoms with E-state index in [9.17, 15) is 9.59 Å². The van der Waals surface area contributed by atoms with Crippen molar-refractivity contribution < 1.29 is 9.59 Å². The summed E-state index contributed by atoms with van der Waals surface area (Å²) in [5, 5.41) is 3.45. The number of hydrogen-bond donors (Lipinski definition) is 1. The largest absolute Gasteiger partial charge is 0.341 e. The van der Waals surface area contributed by atoms with E-state index in [0.29, 0.717) is 11.8 Å². The van der Waals surface area contributed by atoms with E-state index in [2.05, 4.69) is 11.4 Å². The van der Waals surface area contributed by atoms with Crippen LogP contribution in [0.25, 0.3) is 0 Å². The van der Waals surface area contributed by atoms with Gasteiger partial charge in [0.25, 0.3) is 0 Å². The normalized spacial score (nSPS) is 22.8. The Morgan fingerprint density at radius 1 is 1.12 bits per heavy atom. The number of nitrogens with zero attached hydrogens (tertiary/aromatic N) is 2. The number of fused-ring (bicyclic) bond motifs is 1. The lowest BCUT2D eigenvalue weighted by atomic mass is 9.78. The lowest BCUT2D eigenvalue weighted by Crippen LogP contribution is -2.49. The number of likely N-dealkylation sites (tertiary alicyclic amines) is 1. The van der Waals surface area contributed by atoms with Crippen molar-refractivity contribution in [1.29, 1.82) is 0 Å². The van der Waals surface area contributed by atoms with E-state index in [-0.39, 0.29) is 18.4 Å². The summed E-state index contributed by atoms with van der Waals surface area (Å²) in [5.74, 6) is 0.149. The van der Waals surface area contributed by atoms with Crippen LogP contribution in [0.4, 0.5) is 5.69 Å². The molecule has 1 spiro atoms. The molecule has 1 aromatic rings. The van der Waals surface area contributed by atoms with Crippen LogP contribution in [0, 0.1) is 5.41 Å². The number of carbonyl (C=O) groups excluding carboxylic acids is 2. The molecule has 24 heavy (non-hydrogen) atoms. The molecule has 0 unspecified atom stereocenters. The summed E-state index contributed by atoms with van der Waals surface area (Å²) < 4.78 is 0. The van der Waals surface area contributed by atoms with E-state index >= 15 is 0 Å². The first kappa shape index (κ1) is 15.6. The molecule has 4 rings (SSSR count). The van der Waals surface area contributed by atoms with Gasteiger partial charge in [-0.1, -0.05) is 18.2 Å². The van der Waals surface area contributed by atoms with Gasteiger partial charge in [0.05, 0.1) is 0 Å². The average Bonchev–Trinajstić information content (AvgIpc) is 3.06. The number of carbonyl (C=O) groups is 2. The lowest BCUT2D eigenvalue weighted by Gasteiger charge is -2.40. The van der Waals surface area contributed by atoms with Gasteiger partial charge in [0.2, 0.25) is 11.8 Å². The maximum atomic E-state index is 12.7. The summed E-state index contributed by atoms with van der Waals surface area (Å²) in [6, 6.07) is 7.94. The molecule has 0 atom stereocenters. The number of benzene rings is 1. The van der Waals surface area contributed by atoms with Gasteiger partial charge in [-0.3, -0.25) is 9.59 Å². The molecule has 5 nitrogen and oxygen atoms in total. The highest BCUT2D eigenvalue weighted by Crippen LogP contribution is 2.37. The Balaban J connectivity index is 1.42. The van der Waals surface area contributed by atoms with Crippen molar-refractivity contribution in [3.05, 3.63) is 29.8 Å². The summed E-state index contributed by atoms with van der Waals surface area (Å²) >= 11 is 0. The zero-order chi connectivity index (χ0) is 16.6. The van der Waals surface area contributed by atoms with Crippen LogP contribution in [-0.4, -0.2) is 49.4 Å². The third-order valence-electron chi connectivity index (χ3n) is 5.99. The fourth-order valence-electron chi connectivity index (χ4n) is 4.36. The van der Waals surface area contributed by atoms with Gasteiger partial charge in [-0.05, 0) is 49.3 Å². The minimum atomic E-state index is 0.0653. The van der Waals surface area contributed by atoms with Crippen molar-refractivity contribution in [1.82, 2.24) is 10.2 Å². The smallest absolute Gasteiger partial charge is 0.242 e. The van der Waals surface area contributed by atoms with E-state index < -0.39 is 0 Å². The fourth-order valence-corrected chi connectivity index (χ4v) is 4.36. The second kappa shape index (κ2) is 6.20. The van der Waals surface area contributed by atoms with E-state index in [1.54, 1.807) is 4.90 Å². The first-order chi connectivity index (χ1) is 11.7. The Morgan fingerprint density at radius 3 is 2.67 bits per heavy atom. The third-order valence-corrected chi connectivity index (χ3v) is 5.99. The Bertz CT molecular complexity index is 642. The molecule has 0 bridgehead atoms. The number of para-hydroxylation sites is 1. The Labute approximate surface area is 143 Å². The summed E-state index contributed by atoms with van der Waals surface area (Å²) in [4.78, 5) is 28.7. The van der Waals surface area contributed by atoms with Crippen LogP contribution < -0.4 is 10.2 Å². The number of nitrogens with one attached hydrogen (secondary N) is 1. The molecule has 3 aliphatic heterocycles. The van der Waals surface area contributed by atoms with Gasteiger partial charge >= 0.3 is 0 Å². The van der Waals surface area contributed by atoms with Crippen molar-refractivity contribution in [2.75, 3.05) is 37.6 Å². The third kappa shape index (κ3) is 2.81. The molecule has 1 aromatic carbocycles. The van der Waals surface area contributed by atoms with E-state index in [1.807, 2.05) is 23.1 Å². The van der Waals surface area contributed by atoms with Crippen LogP contribution in [-0.2, 0) is 16.0 Å². The number of piperidine rings is 1. The fraction of sp³-hybridized carbons (Fsp3) is 0.579. The van der Waals surface area contributed by atoms with Gasteiger partial charge in [0, 0.05) is 31.7 Å². The zero-order valence-corrected chi connectivity index (χ0v) is 14.1.